The molecule has 1 N–H and O–H groups in total. The van der Waals surface area contributed by atoms with E-state index >= 15 is 0 Å². The molecule has 1 atom stereocenters. The minimum absolute atomic E-state index is 0.0293. The molecule has 2 aliphatic rings. The van der Waals surface area contributed by atoms with Crippen LogP contribution >= 0.6 is 0 Å². The highest BCUT2D eigenvalue weighted by Gasteiger charge is 2.25. The molecule has 5 rings (SSSR count). The number of pyridine rings is 1. The first kappa shape index (κ1) is 23.7. The lowest BCUT2D eigenvalue weighted by Gasteiger charge is -2.37. The van der Waals surface area contributed by atoms with Gasteiger partial charge in [-0.2, -0.15) is 0 Å². The highest BCUT2D eigenvalue weighted by atomic mass is 32.2. The number of carbonyl (C=O) groups excluding carboxylic acids is 1. The molecular weight excluding hydrogens is 464 g/mol. The van der Waals surface area contributed by atoms with Gasteiger partial charge in [-0.15, -0.1) is 0 Å². The average Bonchev–Trinajstić information content (AvgIpc) is 2.89. The van der Waals surface area contributed by atoms with E-state index in [-0.39, 0.29) is 10.8 Å². The number of amides is 1. The van der Waals surface area contributed by atoms with Crippen molar-refractivity contribution in [1.82, 2.24) is 14.8 Å². The Balaban J connectivity index is 1.20. The molecule has 3 heterocycles. The Kier molecular flexibility index (Phi) is 6.99. The lowest BCUT2D eigenvalue weighted by molar-refractivity contribution is 0.0274. The molecule has 2 fully saturated rings. The van der Waals surface area contributed by atoms with Gasteiger partial charge in [0.1, 0.15) is 4.90 Å². The molecule has 2 saturated heterocycles. The number of ether oxygens (including phenoxy) is 1. The molecule has 0 spiro atoms. The number of carbonyl (C=O) groups is 1. The van der Waals surface area contributed by atoms with E-state index in [9.17, 15) is 13.2 Å². The smallest absolute Gasteiger partial charge is 0.264 e. The van der Waals surface area contributed by atoms with Crippen molar-refractivity contribution in [2.24, 2.45) is 5.92 Å². The molecule has 2 aromatic carbocycles. The van der Waals surface area contributed by atoms with Gasteiger partial charge < -0.3 is 9.64 Å². The molecule has 9 heteroatoms. The number of benzene rings is 2. The number of nitrogens with one attached hydrogen (secondary N) is 1. The van der Waals surface area contributed by atoms with Crippen molar-refractivity contribution < 1.29 is 17.9 Å². The van der Waals surface area contributed by atoms with Crippen LogP contribution in [-0.4, -0.2) is 75.0 Å². The van der Waals surface area contributed by atoms with Gasteiger partial charge in [0.05, 0.1) is 12.1 Å². The number of fused-ring (bicyclic) bond motifs is 1. The molecule has 1 unspecified atom stereocenters. The number of aromatic nitrogens is 1. The summed E-state index contributed by atoms with van der Waals surface area (Å²) >= 11 is 0. The van der Waals surface area contributed by atoms with Crippen LogP contribution in [0.15, 0.2) is 65.7 Å². The van der Waals surface area contributed by atoms with Crippen LogP contribution < -0.4 is 4.72 Å². The van der Waals surface area contributed by atoms with Crippen LogP contribution in [0.5, 0.6) is 0 Å². The van der Waals surface area contributed by atoms with Crippen LogP contribution in [0.4, 0.5) is 5.69 Å². The maximum Gasteiger partial charge on any atom is 0.264 e. The van der Waals surface area contributed by atoms with Crippen molar-refractivity contribution in [1.29, 1.82) is 0 Å². The van der Waals surface area contributed by atoms with Gasteiger partial charge in [-0.3, -0.25) is 19.4 Å². The summed E-state index contributed by atoms with van der Waals surface area (Å²) in [4.78, 5) is 21.6. The number of para-hydroxylation sites is 1. The van der Waals surface area contributed by atoms with Crippen molar-refractivity contribution in [3.05, 3.63) is 66.4 Å². The van der Waals surface area contributed by atoms with Gasteiger partial charge in [0.15, 0.2) is 0 Å². The van der Waals surface area contributed by atoms with E-state index in [0.717, 1.165) is 44.7 Å². The second kappa shape index (κ2) is 10.3. The van der Waals surface area contributed by atoms with E-state index in [4.69, 9.17) is 4.74 Å². The van der Waals surface area contributed by atoms with Gasteiger partial charge >= 0.3 is 0 Å². The molecule has 1 amide bonds. The van der Waals surface area contributed by atoms with Gasteiger partial charge in [-0.1, -0.05) is 18.2 Å². The summed E-state index contributed by atoms with van der Waals surface area (Å²) in [7, 11) is -3.83. The van der Waals surface area contributed by atoms with Gasteiger partial charge in [0.2, 0.25) is 0 Å². The molecule has 184 valence electrons. The summed E-state index contributed by atoms with van der Waals surface area (Å²) in [6.45, 7) is 5.84. The third-order valence-electron chi connectivity index (χ3n) is 6.70. The Labute approximate surface area is 205 Å². The van der Waals surface area contributed by atoms with Crippen LogP contribution in [-0.2, 0) is 14.8 Å². The number of anilines is 1. The van der Waals surface area contributed by atoms with E-state index in [0.29, 0.717) is 35.8 Å². The van der Waals surface area contributed by atoms with Crippen molar-refractivity contribution in [3.8, 4) is 0 Å². The van der Waals surface area contributed by atoms with Crippen LogP contribution in [0.2, 0.25) is 0 Å². The third-order valence-corrected chi connectivity index (χ3v) is 8.11. The molecule has 0 radical (unpaired) electrons. The number of hydrogen-bond donors (Lipinski definition) is 1. The fourth-order valence-corrected chi connectivity index (χ4v) is 6.06. The summed E-state index contributed by atoms with van der Waals surface area (Å²) in [6.07, 6.45) is 3.92. The second-order valence-corrected chi connectivity index (χ2v) is 10.8. The molecule has 2 aliphatic heterocycles. The van der Waals surface area contributed by atoms with E-state index in [1.54, 1.807) is 42.6 Å². The number of sulfonamides is 1. The Morgan fingerprint density at radius 1 is 1.03 bits per heavy atom. The minimum atomic E-state index is -3.83. The van der Waals surface area contributed by atoms with Crippen LogP contribution in [0, 0.1) is 5.92 Å². The summed E-state index contributed by atoms with van der Waals surface area (Å²) < 4.78 is 34.2. The minimum Gasteiger partial charge on any atom is -0.381 e. The van der Waals surface area contributed by atoms with Crippen molar-refractivity contribution in [2.45, 2.75) is 17.7 Å². The zero-order valence-electron chi connectivity index (χ0n) is 19.6. The Bertz CT molecular complexity index is 1280. The zero-order chi connectivity index (χ0) is 24.3. The van der Waals surface area contributed by atoms with Crippen LogP contribution in [0.1, 0.15) is 23.2 Å². The molecular formula is C26H30N4O4S. The zero-order valence-corrected chi connectivity index (χ0v) is 20.4. The quantitative estimate of drug-likeness (QED) is 0.566. The predicted octanol–water partition coefficient (Wildman–Crippen LogP) is 3.22. The first-order chi connectivity index (χ1) is 17.0. The monoisotopic (exact) mass is 494 g/mol. The lowest BCUT2D eigenvalue weighted by atomic mass is 10.0. The highest BCUT2D eigenvalue weighted by Crippen LogP contribution is 2.24. The molecule has 1 aromatic heterocycles. The van der Waals surface area contributed by atoms with Gasteiger partial charge in [-0.05, 0) is 55.2 Å². The Hall–Kier alpha value is -3.01. The summed E-state index contributed by atoms with van der Waals surface area (Å²) in [5, 5.41) is 0.753. The van der Waals surface area contributed by atoms with Gasteiger partial charge in [0.25, 0.3) is 15.9 Å². The third kappa shape index (κ3) is 5.47. The standard InChI is InChI=1S/C26H30N4O4S/c31-26(30-15-13-29(14-16-30)18-20-4-3-17-34-19-20)22-8-10-23(11-9-22)28-35(32,33)24-7-1-5-21-6-2-12-27-25(21)24/h1-2,5-12,20,28H,3-4,13-19H2. The topological polar surface area (TPSA) is 91.8 Å². The molecule has 0 bridgehead atoms. The number of rotatable bonds is 6. The van der Waals surface area contributed by atoms with Crippen LogP contribution in [0.25, 0.3) is 10.9 Å². The number of piperazine rings is 1. The van der Waals surface area contributed by atoms with E-state index < -0.39 is 10.0 Å². The van der Waals surface area contributed by atoms with Gasteiger partial charge in [0, 0.05) is 62.2 Å². The molecule has 0 aliphatic carbocycles. The Morgan fingerprint density at radius 2 is 1.80 bits per heavy atom. The first-order valence-electron chi connectivity index (χ1n) is 12.1. The number of hydrogen-bond acceptors (Lipinski definition) is 6. The second-order valence-electron chi connectivity index (χ2n) is 9.19. The molecule has 0 saturated carbocycles. The molecule has 3 aromatic rings. The van der Waals surface area contributed by atoms with E-state index in [1.807, 2.05) is 17.0 Å². The fraction of sp³-hybridized carbons (Fsp3) is 0.385. The molecule has 35 heavy (non-hydrogen) atoms. The van der Waals surface area contributed by atoms with Crippen molar-refractivity contribution in [3.63, 3.8) is 0 Å². The summed E-state index contributed by atoms with van der Waals surface area (Å²) in [5.74, 6) is 0.560. The maximum absolute atomic E-state index is 13.0. The maximum atomic E-state index is 13.0. The summed E-state index contributed by atoms with van der Waals surface area (Å²) in [5.41, 5.74) is 1.37. The predicted molar refractivity (Wildman–Crippen MR) is 135 cm³/mol. The largest absolute Gasteiger partial charge is 0.381 e. The van der Waals surface area contributed by atoms with Crippen molar-refractivity contribution >= 4 is 32.5 Å². The fourth-order valence-electron chi connectivity index (χ4n) is 4.82. The number of nitrogens with zero attached hydrogens (tertiary/aromatic N) is 3. The normalized spacial score (nSPS) is 19.5. The van der Waals surface area contributed by atoms with Crippen LogP contribution in [0.3, 0.4) is 0 Å². The van der Waals surface area contributed by atoms with E-state index in [1.165, 1.54) is 12.5 Å². The Morgan fingerprint density at radius 3 is 2.54 bits per heavy atom. The summed E-state index contributed by atoms with van der Waals surface area (Å²) in [6, 6.07) is 15.3. The SMILES string of the molecule is O=C(c1ccc(NS(=O)(=O)c2cccc3cccnc23)cc1)N1CCN(CC2CCCOC2)CC1. The first-order valence-corrected chi connectivity index (χ1v) is 13.5. The average molecular weight is 495 g/mol. The van der Waals surface area contributed by atoms with E-state index in [2.05, 4.69) is 14.6 Å². The van der Waals surface area contributed by atoms with Crippen molar-refractivity contribution in [2.75, 3.05) is 50.7 Å². The van der Waals surface area contributed by atoms with Gasteiger partial charge in [-0.25, -0.2) is 8.42 Å². The lowest BCUT2D eigenvalue weighted by Crippen LogP contribution is -2.50. The molecule has 8 nitrogen and oxygen atoms in total. The highest BCUT2D eigenvalue weighted by molar-refractivity contribution is 7.93.